The number of halogens is 2. The number of sulfonamides is 1. The minimum atomic E-state index is -4.10. The second-order valence-corrected chi connectivity index (χ2v) is 5.96. The van der Waals surface area contributed by atoms with Crippen molar-refractivity contribution in [2.75, 3.05) is 4.72 Å². The summed E-state index contributed by atoms with van der Waals surface area (Å²) in [5.41, 5.74) is -0.293. The van der Waals surface area contributed by atoms with Crippen molar-refractivity contribution in [2.45, 2.75) is 5.03 Å². The lowest BCUT2D eigenvalue weighted by Crippen LogP contribution is -2.15. The van der Waals surface area contributed by atoms with Crippen LogP contribution in [0.1, 0.15) is 10.4 Å². The van der Waals surface area contributed by atoms with E-state index in [9.17, 15) is 17.6 Å². The van der Waals surface area contributed by atoms with Crippen LogP contribution in [-0.2, 0) is 10.0 Å². The van der Waals surface area contributed by atoms with Gasteiger partial charge in [-0.25, -0.2) is 14.2 Å². The fourth-order valence-electron chi connectivity index (χ4n) is 1.44. The van der Waals surface area contributed by atoms with E-state index in [1.165, 1.54) is 6.07 Å². The molecule has 0 bridgehead atoms. The summed E-state index contributed by atoms with van der Waals surface area (Å²) in [6.07, 6.45) is 0.907. The summed E-state index contributed by atoms with van der Waals surface area (Å²) in [5, 5.41) is 8.32. The number of nitrogens with zero attached hydrogens (tertiary/aromatic N) is 1. The van der Waals surface area contributed by atoms with Crippen molar-refractivity contribution in [3.05, 3.63) is 52.9 Å². The molecule has 1 heterocycles. The van der Waals surface area contributed by atoms with Crippen LogP contribution in [0, 0.1) is 5.82 Å². The maximum absolute atomic E-state index is 13.1. The molecule has 1 aromatic heterocycles. The lowest BCUT2D eigenvalue weighted by molar-refractivity contribution is 0.0696. The molecule has 0 saturated carbocycles. The van der Waals surface area contributed by atoms with Gasteiger partial charge in [0.05, 0.1) is 16.3 Å². The van der Waals surface area contributed by atoms with E-state index in [2.05, 4.69) is 9.71 Å². The van der Waals surface area contributed by atoms with Crippen LogP contribution in [-0.4, -0.2) is 24.5 Å². The first-order valence-electron chi connectivity index (χ1n) is 5.47. The standard InChI is InChI=1S/C12H8ClFN2O4S/c13-9-3-2-8(14)5-10(9)16-21(19,20)11-4-1-7(6-15-11)12(17)18/h1-6,16H,(H,17,18). The molecule has 2 aromatic rings. The van der Waals surface area contributed by atoms with Crippen LogP contribution in [0.3, 0.4) is 0 Å². The van der Waals surface area contributed by atoms with Crippen molar-refractivity contribution in [2.24, 2.45) is 0 Å². The summed E-state index contributed by atoms with van der Waals surface area (Å²) in [6.45, 7) is 0. The van der Waals surface area contributed by atoms with Gasteiger partial charge in [-0.2, -0.15) is 8.42 Å². The van der Waals surface area contributed by atoms with Gasteiger partial charge in [0.2, 0.25) is 0 Å². The van der Waals surface area contributed by atoms with Crippen LogP contribution in [0.2, 0.25) is 5.02 Å². The third-order valence-electron chi connectivity index (χ3n) is 2.43. The number of carboxylic acid groups (broad SMARTS) is 1. The molecule has 0 radical (unpaired) electrons. The Balaban J connectivity index is 2.34. The molecule has 6 nitrogen and oxygen atoms in total. The zero-order valence-corrected chi connectivity index (χ0v) is 11.8. The zero-order valence-electron chi connectivity index (χ0n) is 10.2. The second-order valence-electron chi connectivity index (χ2n) is 3.92. The van der Waals surface area contributed by atoms with E-state index in [0.717, 1.165) is 30.5 Å². The van der Waals surface area contributed by atoms with Crippen LogP contribution in [0.25, 0.3) is 0 Å². The van der Waals surface area contributed by atoms with Crippen molar-refractivity contribution >= 4 is 33.3 Å². The number of pyridine rings is 1. The monoisotopic (exact) mass is 330 g/mol. The number of aromatic carboxylic acids is 1. The Kier molecular flexibility index (Phi) is 4.10. The highest BCUT2D eigenvalue weighted by Crippen LogP contribution is 2.24. The van der Waals surface area contributed by atoms with Gasteiger partial charge in [0, 0.05) is 6.20 Å². The lowest BCUT2D eigenvalue weighted by atomic mass is 10.3. The third-order valence-corrected chi connectivity index (χ3v) is 4.04. The number of carboxylic acids is 1. The number of aromatic nitrogens is 1. The molecule has 2 rings (SSSR count). The molecule has 2 N–H and O–H groups in total. The average Bonchev–Trinajstić information content (AvgIpc) is 2.43. The summed E-state index contributed by atoms with van der Waals surface area (Å²) in [6, 6.07) is 5.33. The van der Waals surface area contributed by atoms with E-state index in [0.29, 0.717) is 0 Å². The van der Waals surface area contributed by atoms with Gasteiger partial charge < -0.3 is 5.11 Å². The van der Waals surface area contributed by atoms with Crippen molar-refractivity contribution in [3.8, 4) is 0 Å². The Hall–Kier alpha value is -2.19. The quantitative estimate of drug-likeness (QED) is 0.897. The molecule has 0 atom stereocenters. The Morgan fingerprint density at radius 1 is 1.29 bits per heavy atom. The van der Waals surface area contributed by atoms with Gasteiger partial charge in [0.1, 0.15) is 5.82 Å². The molecule has 1 aromatic carbocycles. The highest BCUT2D eigenvalue weighted by molar-refractivity contribution is 7.92. The summed E-state index contributed by atoms with van der Waals surface area (Å²) in [5.74, 6) is -1.89. The predicted octanol–water partition coefficient (Wildman–Crippen LogP) is 2.37. The number of carbonyl (C=O) groups is 1. The number of anilines is 1. The maximum Gasteiger partial charge on any atom is 0.337 e. The number of hydrogen-bond donors (Lipinski definition) is 2. The average molecular weight is 331 g/mol. The zero-order chi connectivity index (χ0) is 15.6. The minimum Gasteiger partial charge on any atom is -0.478 e. The second kappa shape index (κ2) is 5.66. The summed E-state index contributed by atoms with van der Waals surface area (Å²) in [4.78, 5) is 14.2. The lowest BCUT2D eigenvalue weighted by Gasteiger charge is -2.09. The van der Waals surface area contributed by atoms with E-state index in [1.54, 1.807) is 0 Å². The smallest absolute Gasteiger partial charge is 0.337 e. The van der Waals surface area contributed by atoms with Crippen molar-refractivity contribution in [3.63, 3.8) is 0 Å². The van der Waals surface area contributed by atoms with Gasteiger partial charge in [-0.1, -0.05) is 11.6 Å². The van der Waals surface area contributed by atoms with Crippen molar-refractivity contribution < 1.29 is 22.7 Å². The summed E-state index contributed by atoms with van der Waals surface area (Å²) >= 11 is 5.76. The number of rotatable bonds is 4. The molecule has 110 valence electrons. The molecular formula is C12H8ClFN2O4S. The highest BCUT2D eigenvalue weighted by atomic mass is 35.5. The fraction of sp³-hybridized carbons (Fsp3) is 0. The van der Waals surface area contributed by atoms with Crippen LogP contribution in [0.15, 0.2) is 41.6 Å². The molecule has 0 saturated heterocycles. The van der Waals surface area contributed by atoms with Crippen LogP contribution in [0.5, 0.6) is 0 Å². The Labute approximate surface area is 124 Å². The van der Waals surface area contributed by atoms with Crippen molar-refractivity contribution in [1.29, 1.82) is 0 Å². The Morgan fingerprint density at radius 2 is 2.00 bits per heavy atom. The molecule has 0 aliphatic heterocycles. The number of nitrogens with one attached hydrogen (secondary N) is 1. The van der Waals surface area contributed by atoms with Crippen LogP contribution >= 0.6 is 11.6 Å². The van der Waals surface area contributed by atoms with Gasteiger partial charge in [-0.05, 0) is 30.3 Å². The summed E-state index contributed by atoms with van der Waals surface area (Å²) < 4.78 is 39.3. The van der Waals surface area contributed by atoms with Gasteiger partial charge in [-0.3, -0.25) is 4.72 Å². The van der Waals surface area contributed by atoms with E-state index in [-0.39, 0.29) is 16.3 Å². The maximum atomic E-state index is 13.1. The van der Waals surface area contributed by atoms with Gasteiger partial charge >= 0.3 is 5.97 Å². The molecule has 0 amide bonds. The largest absolute Gasteiger partial charge is 0.478 e. The van der Waals surface area contributed by atoms with Crippen LogP contribution in [0.4, 0.5) is 10.1 Å². The van der Waals surface area contributed by atoms with Gasteiger partial charge in [0.25, 0.3) is 10.0 Å². The molecule has 21 heavy (non-hydrogen) atoms. The SMILES string of the molecule is O=C(O)c1ccc(S(=O)(=O)Nc2cc(F)ccc2Cl)nc1. The minimum absolute atomic E-state index is 0.0159. The first-order chi connectivity index (χ1) is 9.79. The fourth-order valence-corrected chi connectivity index (χ4v) is 2.66. The Morgan fingerprint density at radius 3 is 2.57 bits per heavy atom. The number of hydrogen-bond acceptors (Lipinski definition) is 4. The molecule has 0 fully saturated rings. The molecule has 0 aliphatic rings. The number of benzene rings is 1. The highest BCUT2D eigenvalue weighted by Gasteiger charge is 2.18. The van der Waals surface area contributed by atoms with E-state index in [4.69, 9.17) is 16.7 Å². The van der Waals surface area contributed by atoms with Gasteiger partial charge in [0.15, 0.2) is 5.03 Å². The first kappa shape index (κ1) is 15.2. The van der Waals surface area contributed by atoms with E-state index in [1.807, 2.05) is 0 Å². The molecule has 9 heteroatoms. The molecule has 0 unspecified atom stereocenters. The first-order valence-corrected chi connectivity index (χ1v) is 7.33. The summed E-state index contributed by atoms with van der Waals surface area (Å²) in [7, 11) is -4.10. The van der Waals surface area contributed by atoms with Gasteiger partial charge in [-0.15, -0.1) is 0 Å². The van der Waals surface area contributed by atoms with Crippen molar-refractivity contribution in [1.82, 2.24) is 4.98 Å². The predicted molar refractivity (Wildman–Crippen MR) is 73.4 cm³/mol. The molecule has 0 aliphatic carbocycles. The molecular weight excluding hydrogens is 323 g/mol. The Bertz CT molecular complexity index is 793. The third kappa shape index (κ3) is 3.47. The normalized spacial score (nSPS) is 11.1. The topological polar surface area (TPSA) is 96.4 Å². The van der Waals surface area contributed by atoms with E-state index >= 15 is 0 Å². The van der Waals surface area contributed by atoms with E-state index < -0.39 is 26.8 Å². The van der Waals surface area contributed by atoms with Crippen LogP contribution < -0.4 is 4.72 Å². The molecule has 0 spiro atoms.